The minimum atomic E-state index is -0.471. The molecular formula is C23H19N5O3S. The van der Waals surface area contributed by atoms with Crippen LogP contribution in [0.5, 0.6) is 0 Å². The van der Waals surface area contributed by atoms with E-state index in [1.54, 1.807) is 13.0 Å². The summed E-state index contributed by atoms with van der Waals surface area (Å²) in [7, 11) is 0. The van der Waals surface area contributed by atoms with E-state index in [0.29, 0.717) is 10.6 Å². The Kier molecular flexibility index (Phi) is 6.47. The molecule has 2 aromatic heterocycles. The van der Waals surface area contributed by atoms with Gasteiger partial charge in [-0.2, -0.15) is 0 Å². The summed E-state index contributed by atoms with van der Waals surface area (Å²) in [5, 5.41) is 16.2. The van der Waals surface area contributed by atoms with Gasteiger partial charge in [-0.15, -0.1) is 16.4 Å². The van der Waals surface area contributed by atoms with Crippen LogP contribution < -0.4 is 5.32 Å². The van der Waals surface area contributed by atoms with Gasteiger partial charge >= 0.3 is 5.97 Å². The first-order chi connectivity index (χ1) is 15.7. The highest BCUT2D eigenvalue weighted by Gasteiger charge is 2.22. The third-order valence-corrected chi connectivity index (χ3v) is 5.40. The molecule has 4 aromatic rings. The zero-order valence-corrected chi connectivity index (χ0v) is 18.0. The van der Waals surface area contributed by atoms with E-state index in [1.165, 1.54) is 28.4 Å². The minimum absolute atomic E-state index is 0.244. The Morgan fingerprint density at radius 2 is 2.00 bits per heavy atom. The largest absolute Gasteiger partial charge is 0.462 e. The van der Waals surface area contributed by atoms with Crippen LogP contribution >= 0.6 is 11.3 Å². The maximum atomic E-state index is 12.6. The van der Waals surface area contributed by atoms with Crippen molar-refractivity contribution >= 4 is 34.3 Å². The Labute approximate surface area is 188 Å². The molecule has 0 aliphatic heterocycles. The molecule has 0 bridgehead atoms. The fraction of sp³-hybridized carbons (Fsp3) is 0.0870. The molecule has 0 aliphatic rings. The lowest BCUT2D eigenvalue weighted by Crippen LogP contribution is -2.12. The van der Waals surface area contributed by atoms with Crippen molar-refractivity contribution in [2.45, 2.75) is 6.92 Å². The number of carbonyl (C=O) groups excluding carboxylic acids is 2. The van der Waals surface area contributed by atoms with Gasteiger partial charge in [-0.25, -0.2) is 9.48 Å². The Balaban J connectivity index is 1.55. The third-order valence-electron chi connectivity index (χ3n) is 4.50. The topological polar surface area (TPSA) is 99.0 Å². The first-order valence-corrected chi connectivity index (χ1v) is 10.7. The van der Waals surface area contributed by atoms with Crippen LogP contribution in [0.1, 0.15) is 22.8 Å². The van der Waals surface area contributed by atoms with Gasteiger partial charge in [0.25, 0.3) is 0 Å². The van der Waals surface area contributed by atoms with Crippen LogP contribution in [0.25, 0.3) is 22.9 Å². The Morgan fingerprint density at radius 1 is 1.16 bits per heavy atom. The average molecular weight is 446 g/mol. The summed E-state index contributed by atoms with van der Waals surface area (Å²) in [6.45, 7) is 1.99. The third kappa shape index (κ3) is 4.79. The number of carbonyl (C=O) groups is 2. The van der Waals surface area contributed by atoms with Gasteiger partial charge in [-0.1, -0.05) is 42.5 Å². The molecule has 160 valence electrons. The highest BCUT2D eigenvalue weighted by molar-refractivity contribution is 7.15. The summed E-state index contributed by atoms with van der Waals surface area (Å²) in [6.07, 6.45) is 4.59. The van der Waals surface area contributed by atoms with Crippen molar-refractivity contribution in [1.29, 1.82) is 0 Å². The number of aromatic nitrogens is 4. The van der Waals surface area contributed by atoms with Gasteiger partial charge in [0.1, 0.15) is 16.9 Å². The van der Waals surface area contributed by atoms with Crippen LogP contribution in [0.3, 0.4) is 0 Å². The van der Waals surface area contributed by atoms with Gasteiger partial charge in [-0.05, 0) is 46.7 Å². The monoisotopic (exact) mass is 445 g/mol. The molecule has 0 spiro atoms. The van der Waals surface area contributed by atoms with Crippen molar-refractivity contribution in [3.63, 3.8) is 0 Å². The zero-order valence-electron chi connectivity index (χ0n) is 17.1. The molecule has 0 radical (unpaired) electrons. The number of anilines is 1. The van der Waals surface area contributed by atoms with Crippen molar-refractivity contribution in [3.05, 3.63) is 83.5 Å². The Hall–Kier alpha value is -4.11. The standard InChI is InChI=1S/C23H19N5O3S/c1-2-31-23(30)21-19(17-8-4-3-5-9-17)14-32-22(21)25-20(29)12-11-16-7-6-10-18(13-16)28-15-24-26-27-28/h3-15H,2H2,1H3,(H,25,29)/b12-11+. The van der Waals surface area contributed by atoms with Gasteiger partial charge in [0, 0.05) is 17.0 Å². The van der Waals surface area contributed by atoms with Crippen molar-refractivity contribution in [3.8, 4) is 16.8 Å². The van der Waals surface area contributed by atoms with Crippen molar-refractivity contribution in [2.75, 3.05) is 11.9 Å². The molecule has 0 aliphatic carbocycles. The molecule has 4 rings (SSSR count). The maximum Gasteiger partial charge on any atom is 0.341 e. The zero-order chi connectivity index (χ0) is 22.3. The number of nitrogens with zero attached hydrogens (tertiary/aromatic N) is 4. The summed E-state index contributed by atoms with van der Waals surface area (Å²) in [5.41, 5.74) is 3.53. The van der Waals surface area contributed by atoms with Gasteiger partial charge in [0.15, 0.2) is 0 Å². The highest BCUT2D eigenvalue weighted by Crippen LogP contribution is 2.36. The van der Waals surface area contributed by atoms with Crippen molar-refractivity contribution in [2.24, 2.45) is 0 Å². The van der Waals surface area contributed by atoms with E-state index in [9.17, 15) is 9.59 Å². The highest BCUT2D eigenvalue weighted by atomic mass is 32.1. The number of benzene rings is 2. The van der Waals surface area contributed by atoms with Gasteiger partial charge in [-0.3, -0.25) is 4.79 Å². The first kappa shape index (κ1) is 21.1. The minimum Gasteiger partial charge on any atom is -0.462 e. The smallest absolute Gasteiger partial charge is 0.341 e. The molecule has 9 heteroatoms. The molecule has 0 saturated carbocycles. The molecule has 0 fully saturated rings. The normalized spacial score (nSPS) is 10.9. The predicted octanol–water partition coefficient (Wildman–Crippen LogP) is 4.22. The second-order valence-corrected chi connectivity index (χ2v) is 7.49. The second-order valence-electron chi connectivity index (χ2n) is 6.61. The van der Waals surface area contributed by atoms with Crippen LogP contribution in [0.4, 0.5) is 5.00 Å². The van der Waals surface area contributed by atoms with E-state index < -0.39 is 5.97 Å². The quantitative estimate of drug-likeness (QED) is 0.338. The van der Waals surface area contributed by atoms with Gasteiger partial charge in [0.2, 0.25) is 5.91 Å². The number of thiophene rings is 1. The average Bonchev–Trinajstić information content (AvgIpc) is 3.49. The number of rotatable bonds is 7. The number of nitrogens with one attached hydrogen (secondary N) is 1. The lowest BCUT2D eigenvalue weighted by atomic mass is 10.0. The van der Waals surface area contributed by atoms with Gasteiger partial charge < -0.3 is 10.1 Å². The van der Waals surface area contributed by atoms with E-state index in [-0.39, 0.29) is 12.5 Å². The first-order valence-electron chi connectivity index (χ1n) is 9.82. The molecule has 0 unspecified atom stereocenters. The summed E-state index contributed by atoms with van der Waals surface area (Å²) in [6, 6.07) is 16.9. The predicted molar refractivity (Wildman–Crippen MR) is 123 cm³/mol. The lowest BCUT2D eigenvalue weighted by molar-refractivity contribution is -0.111. The number of tetrazole rings is 1. The Bertz CT molecular complexity index is 1250. The number of amides is 1. The van der Waals surface area contributed by atoms with E-state index in [1.807, 2.05) is 60.0 Å². The number of ether oxygens (including phenoxy) is 1. The summed E-state index contributed by atoms with van der Waals surface area (Å²) in [4.78, 5) is 25.2. The Morgan fingerprint density at radius 3 is 2.75 bits per heavy atom. The van der Waals surface area contributed by atoms with Crippen LogP contribution in [0.2, 0.25) is 0 Å². The molecule has 2 heterocycles. The molecule has 8 nitrogen and oxygen atoms in total. The molecule has 0 saturated heterocycles. The van der Waals surface area contributed by atoms with Crippen LogP contribution in [-0.2, 0) is 9.53 Å². The fourth-order valence-electron chi connectivity index (χ4n) is 3.06. The number of esters is 1. The van der Waals surface area contributed by atoms with E-state index >= 15 is 0 Å². The van der Waals surface area contributed by atoms with Gasteiger partial charge in [0.05, 0.1) is 12.3 Å². The van der Waals surface area contributed by atoms with E-state index in [2.05, 4.69) is 20.8 Å². The van der Waals surface area contributed by atoms with Crippen LogP contribution in [-0.4, -0.2) is 38.7 Å². The maximum absolute atomic E-state index is 12.6. The molecule has 2 aromatic carbocycles. The number of hydrogen-bond donors (Lipinski definition) is 1. The molecule has 1 N–H and O–H groups in total. The second kappa shape index (κ2) is 9.80. The fourth-order valence-corrected chi connectivity index (χ4v) is 4.02. The van der Waals surface area contributed by atoms with E-state index in [0.717, 1.165) is 22.4 Å². The SMILES string of the molecule is CCOC(=O)c1c(-c2ccccc2)csc1NC(=O)/C=C/c1cccc(-n2cnnn2)c1. The van der Waals surface area contributed by atoms with E-state index in [4.69, 9.17) is 4.74 Å². The lowest BCUT2D eigenvalue weighted by Gasteiger charge is -2.08. The number of hydrogen-bond acceptors (Lipinski definition) is 7. The molecule has 0 atom stereocenters. The molecule has 32 heavy (non-hydrogen) atoms. The van der Waals surface area contributed by atoms with Crippen LogP contribution in [0, 0.1) is 0 Å². The van der Waals surface area contributed by atoms with Crippen molar-refractivity contribution in [1.82, 2.24) is 20.2 Å². The molecular weight excluding hydrogens is 426 g/mol. The summed E-state index contributed by atoms with van der Waals surface area (Å²) < 4.78 is 6.76. The van der Waals surface area contributed by atoms with Crippen molar-refractivity contribution < 1.29 is 14.3 Å². The van der Waals surface area contributed by atoms with Crippen LogP contribution in [0.15, 0.2) is 72.4 Å². The molecule has 1 amide bonds. The summed E-state index contributed by atoms with van der Waals surface area (Å²) in [5.74, 6) is -0.828. The summed E-state index contributed by atoms with van der Waals surface area (Å²) >= 11 is 1.28.